The van der Waals surface area contributed by atoms with Gasteiger partial charge >= 0.3 is 5.97 Å². The number of rotatable bonds is 9. The van der Waals surface area contributed by atoms with Crippen molar-refractivity contribution in [1.82, 2.24) is 10.3 Å². The van der Waals surface area contributed by atoms with Gasteiger partial charge in [-0.3, -0.25) is 14.4 Å². The maximum atomic E-state index is 12.8. The molecular formula is C20H24ClN3O4S. The van der Waals surface area contributed by atoms with E-state index in [1.807, 2.05) is 13.8 Å². The number of nitrogens with zero attached hydrogens (tertiary/aromatic N) is 1. The minimum atomic E-state index is -0.736. The lowest BCUT2D eigenvalue weighted by molar-refractivity contribution is -0.142. The monoisotopic (exact) mass is 437 g/mol. The molecule has 0 radical (unpaired) electrons. The molecule has 7 nitrogen and oxygen atoms in total. The third kappa shape index (κ3) is 6.83. The SMILES string of the molecule is CCOC(=O)Cc1csc(NC(=O)[C@H](NC(=O)c2ccc(Cl)cc2)[C@H](C)CC)n1. The van der Waals surface area contributed by atoms with Gasteiger partial charge in [-0.05, 0) is 37.1 Å². The van der Waals surface area contributed by atoms with Crippen LogP contribution in [0, 0.1) is 5.92 Å². The second kappa shape index (κ2) is 10.9. The lowest BCUT2D eigenvalue weighted by atomic mass is 9.98. The first-order valence-electron chi connectivity index (χ1n) is 9.31. The van der Waals surface area contributed by atoms with Crippen LogP contribution < -0.4 is 10.6 Å². The predicted octanol–water partition coefficient (Wildman–Crippen LogP) is 3.69. The van der Waals surface area contributed by atoms with E-state index in [4.69, 9.17) is 16.3 Å². The average Bonchev–Trinajstić information content (AvgIpc) is 3.12. The third-order valence-electron chi connectivity index (χ3n) is 4.30. The van der Waals surface area contributed by atoms with Gasteiger partial charge in [0.2, 0.25) is 5.91 Å². The summed E-state index contributed by atoms with van der Waals surface area (Å²) in [5.41, 5.74) is 0.940. The Bertz CT molecular complexity index is 854. The van der Waals surface area contributed by atoms with E-state index in [2.05, 4.69) is 15.6 Å². The molecule has 0 spiro atoms. The van der Waals surface area contributed by atoms with Crippen LogP contribution in [0.3, 0.4) is 0 Å². The summed E-state index contributed by atoms with van der Waals surface area (Å²) in [6, 6.07) is 5.71. The molecule has 2 atom stereocenters. The van der Waals surface area contributed by atoms with Gasteiger partial charge in [-0.1, -0.05) is 31.9 Å². The van der Waals surface area contributed by atoms with Gasteiger partial charge in [0, 0.05) is 16.0 Å². The van der Waals surface area contributed by atoms with Crippen molar-refractivity contribution in [2.45, 2.75) is 39.7 Å². The Balaban J connectivity index is 2.05. The molecule has 0 unspecified atom stereocenters. The van der Waals surface area contributed by atoms with E-state index in [1.54, 1.807) is 36.6 Å². The van der Waals surface area contributed by atoms with Crippen molar-refractivity contribution in [1.29, 1.82) is 0 Å². The molecule has 156 valence electrons. The van der Waals surface area contributed by atoms with Gasteiger partial charge in [-0.25, -0.2) is 4.98 Å². The van der Waals surface area contributed by atoms with Crippen LogP contribution in [-0.2, 0) is 20.7 Å². The number of thiazole rings is 1. The Morgan fingerprint density at radius 2 is 1.90 bits per heavy atom. The van der Waals surface area contributed by atoms with Gasteiger partial charge in [0.05, 0.1) is 18.7 Å². The van der Waals surface area contributed by atoms with Gasteiger partial charge in [-0.2, -0.15) is 0 Å². The number of aromatic nitrogens is 1. The highest BCUT2D eigenvalue weighted by Crippen LogP contribution is 2.18. The maximum Gasteiger partial charge on any atom is 0.311 e. The summed E-state index contributed by atoms with van der Waals surface area (Å²) >= 11 is 7.07. The molecule has 2 amide bonds. The lowest BCUT2D eigenvalue weighted by Gasteiger charge is -2.23. The molecule has 0 bridgehead atoms. The molecule has 1 aromatic heterocycles. The Morgan fingerprint density at radius 1 is 1.21 bits per heavy atom. The van der Waals surface area contributed by atoms with Crippen molar-refractivity contribution in [2.24, 2.45) is 5.92 Å². The van der Waals surface area contributed by atoms with E-state index in [0.717, 1.165) is 0 Å². The predicted molar refractivity (Wildman–Crippen MR) is 113 cm³/mol. The molecule has 2 aromatic rings. The first kappa shape index (κ1) is 22.8. The standard InChI is InChI=1S/C20H24ClN3O4S/c1-4-12(3)17(23-18(26)13-6-8-14(21)9-7-13)19(27)24-20-22-15(11-29-20)10-16(25)28-5-2/h6-9,11-12,17H,4-5,10H2,1-3H3,(H,23,26)(H,22,24,27)/t12-,17-/m1/s1. The van der Waals surface area contributed by atoms with Crippen LogP contribution in [0.1, 0.15) is 43.2 Å². The van der Waals surface area contributed by atoms with Crippen molar-refractivity contribution >= 4 is 45.9 Å². The van der Waals surface area contributed by atoms with Crippen molar-refractivity contribution < 1.29 is 19.1 Å². The summed E-state index contributed by atoms with van der Waals surface area (Å²) < 4.78 is 4.90. The summed E-state index contributed by atoms with van der Waals surface area (Å²) in [6.07, 6.45) is 0.743. The van der Waals surface area contributed by atoms with Gasteiger partial charge in [0.25, 0.3) is 5.91 Å². The van der Waals surface area contributed by atoms with Crippen LogP contribution >= 0.6 is 22.9 Å². The van der Waals surface area contributed by atoms with Crippen LogP contribution in [0.2, 0.25) is 5.02 Å². The van der Waals surface area contributed by atoms with Crippen molar-refractivity contribution in [3.05, 3.63) is 45.9 Å². The van der Waals surface area contributed by atoms with Gasteiger partial charge in [0.15, 0.2) is 5.13 Å². The number of amides is 2. The average molecular weight is 438 g/mol. The molecule has 1 heterocycles. The zero-order valence-corrected chi connectivity index (χ0v) is 18.1. The number of anilines is 1. The molecule has 0 saturated carbocycles. The maximum absolute atomic E-state index is 12.8. The molecule has 0 fully saturated rings. The van der Waals surface area contributed by atoms with Crippen LogP contribution in [0.15, 0.2) is 29.6 Å². The highest BCUT2D eigenvalue weighted by molar-refractivity contribution is 7.13. The summed E-state index contributed by atoms with van der Waals surface area (Å²) in [5.74, 6) is -1.18. The molecule has 0 saturated heterocycles. The van der Waals surface area contributed by atoms with E-state index >= 15 is 0 Å². The fraction of sp³-hybridized carbons (Fsp3) is 0.400. The molecule has 2 N–H and O–H groups in total. The topological polar surface area (TPSA) is 97.4 Å². The first-order chi connectivity index (χ1) is 13.8. The molecule has 29 heavy (non-hydrogen) atoms. The first-order valence-corrected chi connectivity index (χ1v) is 10.6. The van der Waals surface area contributed by atoms with Crippen LogP contribution in [-0.4, -0.2) is 35.4 Å². The number of hydrogen-bond donors (Lipinski definition) is 2. The molecule has 9 heteroatoms. The lowest BCUT2D eigenvalue weighted by Crippen LogP contribution is -2.47. The zero-order chi connectivity index (χ0) is 21.4. The Kier molecular flexibility index (Phi) is 8.60. The van der Waals surface area contributed by atoms with Gasteiger partial charge in [0.1, 0.15) is 6.04 Å². The number of ether oxygens (including phenoxy) is 1. The third-order valence-corrected chi connectivity index (χ3v) is 5.36. The van der Waals surface area contributed by atoms with E-state index in [1.165, 1.54) is 11.3 Å². The molecule has 1 aromatic carbocycles. The second-order valence-electron chi connectivity index (χ2n) is 6.46. The quantitative estimate of drug-likeness (QED) is 0.583. The number of halogens is 1. The van der Waals surface area contributed by atoms with E-state index in [0.29, 0.717) is 34.4 Å². The number of carbonyl (C=O) groups is 3. The summed E-state index contributed by atoms with van der Waals surface area (Å²) in [4.78, 5) is 41.1. The smallest absolute Gasteiger partial charge is 0.311 e. The summed E-state index contributed by atoms with van der Waals surface area (Å²) in [6.45, 7) is 5.87. The van der Waals surface area contributed by atoms with E-state index in [9.17, 15) is 14.4 Å². The molecule has 0 aliphatic rings. The second-order valence-corrected chi connectivity index (χ2v) is 7.75. The highest BCUT2D eigenvalue weighted by atomic mass is 35.5. The molecule has 2 rings (SSSR count). The minimum Gasteiger partial charge on any atom is -0.466 e. The van der Waals surface area contributed by atoms with Crippen molar-refractivity contribution in [3.63, 3.8) is 0 Å². The number of benzene rings is 1. The van der Waals surface area contributed by atoms with Crippen molar-refractivity contribution in [3.8, 4) is 0 Å². The van der Waals surface area contributed by atoms with E-state index in [-0.39, 0.29) is 30.1 Å². The minimum absolute atomic E-state index is 0.0440. The fourth-order valence-corrected chi connectivity index (χ4v) is 3.36. The Hall–Kier alpha value is -2.45. The normalized spacial score (nSPS) is 12.7. The largest absolute Gasteiger partial charge is 0.466 e. The van der Waals surface area contributed by atoms with Crippen LogP contribution in [0.5, 0.6) is 0 Å². The van der Waals surface area contributed by atoms with Crippen molar-refractivity contribution in [2.75, 3.05) is 11.9 Å². The highest BCUT2D eigenvalue weighted by Gasteiger charge is 2.27. The van der Waals surface area contributed by atoms with Gasteiger partial charge < -0.3 is 15.4 Å². The van der Waals surface area contributed by atoms with Gasteiger partial charge in [-0.15, -0.1) is 11.3 Å². The summed E-state index contributed by atoms with van der Waals surface area (Å²) in [7, 11) is 0. The Morgan fingerprint density at radius 3 is 2.52 bits per heavy atom. The zero-order valence-electron chi connectivity index (χ0n) is 16.5. The molecular weight excluding hydrogens is 414 g/mol. The number of hydrogen-bond acceptors (Lipinski definition) is 6. The number of esters is 1. The molecule has 0 aliphatic heterocycles. The number of carbonyl (C=O) groups excluding carboxylic acids is 3. The fourth-order valence-electron chi connectivity index (χ4n) is 2.52. The molecule has 0 aliphatic carbocycles. The van der Waals surface area contributed by atoms with Crippen LogP contribution in [0.4, 0.5) is 5.13 Å². The Labute approximate surface area is 178 Å². The summed E-state index contributed by atoms with van der Waals surface area (Å²) in [5, 5.41) is 8.10. The number of nitrogens with one attached hydrogen (secondary N) is 2. The van der Waals surface area contributed by atoms with E-state index < -0.39 is 6.04 Å². The van der Waals surface area contributed by atoms with Crippen LogP contribution in [0.25, 0.3) is 0 Å².